The SMILES string of the molecule is C=O.CC(C)(O)c1cc2nc(C3CCCCC3)sc2cc1-n1ccc2ccccc2c1=O. The van der Waals surface area contributed by atoms with Crippen LogP contribution >= 0.6 is 11.3 Å². The lowest BCUT2D eigenvalue weighted by Gasteiger charge is -2.22. The van der Waals surface area contributed by atoms with Crippen molar-refractivity contribution in [3.05, 3.63) is 69.6 Å². The van der Waals surface area contributed by atoms with Gasteiger partial charge in [-0.15, -0.1) is 11.3 Å². The minimum atomic E-state index is -1.09. The highest BCUT2D eigenvalue weighted by molar-refractivity contribution is 7.18. The van der Waals surface area contributed by atoms with Gasteiger partial charge in [-0.05, 0) is 56.3 Å². The van der Waals surface area contributed by atoms with E-state index in [4.69, 9.17) is 9.78 Å². The highest BCUT2D eigenvalue weighted by Gasteiger charge is 2.25. The normalized spacial score (nSPS) is 15.0. The van der Waals surface area contributed by atoms with Gasteiger partial charge in [0.25, 0.3) is 5.56 Å². The first-order valence-corrected chi connectivity index (χ1v) is 11.8. The number of fused-ring (bicyclic) bond motifs is 2. The molecule has 5 rings (SSSR count). The van der Waals surface area contributed by atoms with Crippen LogP contribution in [0.15, 0.2) is 53.5 Å². The summed E-state index contributed by atoms with van der Waals surface area (Å²) in [5, 5.41) is 13.7. The lowest BCUT2D eigenvalue weighted by atomic mass is 9.90. The summed E-state index contributed by atoms with van der Waals surface area (Å²) in [6.45, 7) is 5.52. The van der Waals surface area contributed by atoms with Gasteiger partial charge < -0.3 is 9.90 Å². The van der Waals surface area contributed by atoms with Gasteiger partial charge in [0.2, 0.25) is 0 Å². The molecule has 2 aromatic heterocycles. The van der Waals surface area contributed by atoms with Gasteiger partial charge in [0.15, 0.2) is 0 Å². The maximum Gasteiger partial charge on any atom is 0.262 e. The Balaban J connectivity index is 0.00000119. The maximum absolute atomic E-state index is 13.3. The molecule has 1 saturated carbocycles. The summed E-state index contributed by atoms with van der Waals surface area (Å²) < 4.78 is 2.73. The van der Waals surface area contributed by atoms with Crippen molar-refractivity contribution in [2.75, 3.05) is 0 Å². The predicted octanol–water partition coefficient (Wildman–Crippen LogP) is 5.69. The van der Waals surface area contributed by atoms with Crippen LogP contribution in [0.3, 0.4) is 0 Å². The molecular formula is C26H28N2O3S. The number of nitrogens with zero attached hydrogens (tertiary/aromatic N) is 2. The Kier molecular flexibility index (Phi) is 6.26. The summed E-state index contributed by atoms with van der Waals surface area (Å²) in [5.41, 5.74) is 1.19. The van der Waals surface area contributed by atoms with E-state index in [1.165, 1.54) is 37.1 Å². The number of rotatable bonds is 3. The van der Waals surface area contributed by atoms with Crippen molar-refractivity contribution in [3.8, 4) is 5.69 Å². The van der Waals surface area contributed by atoms with Crippen LogP contribution in [0.5, 0.6) is 0 Å². The van der Waals surface area contributed by atoms with Gasteiger partial charge >= 0.3 is 0 Å². The molecule has 2 heterocycles. The van der Waals surface area contributed by atoms with Crippen molar-refractivity contribution in [1.29, 1.82) is 0 Å². The first-order chi connectivity index (χ1) is 15.4. The summed E-state index contributed by atoms with van der Waals surface area (Å²) >= 11 is 1.73. The largest absolute Gasteiger partial charge is 0.386 e. The third-order valence-electron chi connectivity index (χ3n) is 6.21. The molecule has 5 nitrogen and oxygen atoms in total. The van der Waals surface area contributed by atoms with Crippen LogP contribution in [0.1, 0.15) is 62.4 Å². The van der Waals surface area contributed by atoms with Gasteiger partial charge in [-0.2, -0.15) is 0 Å². The Morgan fingerprint density at radius 2 is 1.81 bits per heavy atom. The molecule has 0 saturated heterocycles. The second-order valence-corrected chi connectivity index (χ2v) is 9.92. The first kappa shape index (κ1) is 22.4. The zero-order valence-corrected chi connectivity index (χ0v) is 19.3. The number of hydrogen-bond donors (Lipinski definition) is 1. The summed E-state index contributed by atoms with van der Waals surface area (Å²) in [6, 6.07) is 13.6. The molecule has 0 atom stereocenters. The Bertz CT molecular complexity index is 1310. The van der Waals surface area contributed by atoms with E-state index in [-0.39, 0.29) is 5.56 Å². The van der Waals surface area contributed by atoms with E-state index in [9.17, 15) is 9.90 Å². The molecule has 1 aliphatic rings. The summed E-state index contributed by atoms with van der Waals surface area (Å²) in [5.74, 6) is 0.536. The minimum absolute atomic E-state index is 0.0741. The topological polar surface area (TPSA) is 72.2 Å². The Hall–Kier alpha value is -2.83. The van der Waals surface area contributed by atoms with E-state index >= 15 is 0 Å². The molecule has 2 aromatic carbocycles. The third kappa shape index (κ3) is 4.12. The number of pyridine rings is 1. The van der Waals surface area contributed by atoms with Crippen molar-refractivity contribution in [2.24, 2.45) is 0 Å². The smallest absolute Gasteiger partial charge is 0.262 e. The Morgan fingerprint density at radius 3 is 2.53 bits per heavy atom. The molecular weight excluding hydrogens is 420 g/mol. The van der Waals surface area contributed by atoms with Crippen molar-refractivity contribution >= 4 is 39.1 Å². The molecule has 166 valence electrons. The number of aliphatic hydroxyl groups is 1. The summed E-state index contributed by atoms with van der Waals surface area (Å²) in [6.07, 6.45) is 8.08. The minimum Gasteiger partial charge on any atom is -0.386 e. The molecule has 0 aliphatic heterocycles. The van der Waals surface area contributed by atoms with Crippen molar-refractivity contribution in [3.63, 3.8) is 0 Å². The van der Waals surface area contributed by atoms with Crippen molar-refractivity contribution in [2.45, 2.75) is 57.5 Å². The molecule has 1 fully saturated rings. The standard InChI is InChI=1S/C25H26N2O2S.CH2O/c1-25(2,29)19-14-20-22(30-23(26-20)17-9-4-3-5-10-17)15-21(19)27-13-12-16-8-6-7-11-18(16)24(27)28;1-2/h6-8,11-15,17,29H,3-5,9-10H2,1-2H3;1H2. The van der Waals surface area contributed by atoms with Crippen LogP contribution in [0.2, 0.25) is 0 Å². The van der Waals surface area contributed by atoms with Crippen LogP contribution in [-0.4, -0.2) is 21.4 Å². The van der Waals surface area contributed by atoms with Crippen molar-refractivity contribution < 1.29 is 9.90 Å². The van der Waals surface area contributed by atoms with Gasteiger partial charge in [-0.25, -0.2) is 4.98 Å². The molecule has 0 unspecified atom stereocenters. The quantitative estimate of drug-likeness (QED) is 0.437. The average Bonchev–Trinajstić information content (AvgIpc) is 3.23. The number of carbonyl (C=O) groups is 1. The molecule has 4 aromatic rings. The molecule has 0 spiro atoms. The van der Waals surface area contributed by atoms with E-state index in [1.807, 2.05) is 55.5 Å². The van der Waals surface area contributed by atoms with E-state index in [2.05, 4.69) is 0 Å². The zero-order chi connectivity index (χ0) is 22.9. The fourth-order valence-electron chi connectivity index (χ4n) is 4.57. The van der Waals surface area contributed by atoms with E-state index < -0.39 is 5.60 Å². The van der Waals surface area contributed by atoms with E-state index in [0.717, 1.165) is 21.3 Å². The fraction of sp³-hybridized carbons (Fsp3) is 0.346. The number of thiazole rings is 1. The predicted molar refractivity (Wildman–Crippen MR) is 131 cm³/mol. The highest BCUT2D eigenvalue weighted by atomic mass is 32.1. The molecule has 0 bridgehead atoms. The van der Waals surface area contributed by atoms with Crippen LogP contribution in [0.4, 0.5) is 0 Å². The number of benzene rings is 2. The molecule has 0 radical (unpaired) electrons. The monoisotopic (exact) mass is 448 g/mol. The second-order valence-electron chi connectivity index (χ2n) is 8.86. The third-order valence-corrected chi connectivity index (χ3v) is 7.39. The molecule has 1 aliphatic carbocycles. The van der Waals surface area contributed by atoms with E-state index in [0.29, 0.717) is 16.9 Å². The number of carbonyl (C=O) groups excluding carboxylic acids is 1. The fourth-order valence-corrected chi connectivity index (χ4v) is 5.72. The van der Waals surface area contributed by atoms with Gasteiger partial charge in [-0.1, -0.05) is 37.5 Å². The van der Waals surface area contributed by atoms with Crippen LogP contribution < -0.4 is 5.56 Å². The van der Waals surface area contributed by atoms with Gasteiger partial charge in [-0.3, -0.25) is 9.36 Å². The van der Waals surface area contributed by atoms with Crippen LogP contribution in [-0.2, 0) is 10.4 Å². The maximum atomic E-state index is 13.3. The Morgan fingerprint density at radius 1 is 1.09 bits per heavy atom. The summed E-state index contributed by atoms with van der Waals surface area (Å²) in [7, 11) is 0. The van der Waals surface area contributed by atoms with Gasteiger partial charge in [0.05, 0.1) is 26.5 Å². The van der Waals surface area contributed by atoms with Crippen LogP contribution in [0.25, 0.3) is 26.7 Å². The molecule has 32 heavy (non-hydrogen) atoms. The lowest BCUT2D eigenvalue weighted by Crippen LogP contribution is -2.24. The molecule has 0 amide bonds. The van der Waals surface area contributed by atoms with Crippen LogP contribution in [0, 0.1) is 0 Å². The second kappa shape index (κ2) is 8.96. The lowest BCUT2D eigenvalue weighted by molar-refractivity contribution is -0.0980. The average molecular weight is 449 g/mol. The molecule has 6 heteroatoms. The highest BCUT2D eigenvalue weighted by Crippen LogP contribution is 2.39. The molecule has 1 N–H and O–H groups in total. The zero-order valence-electron chi connectivity index (χ0n) is 18.5. The van der Waals surface area contributed by atoms with Gasteiger partial charge in [0.1, 0.15) is 6.79 Å². The van der Waals surface area contributed by atoms with E-state index in [1.54, 1.807) is 29.8 Å². The first-order valence-electron chi connectivity index (χ1n) is 11.0. The van der Waals surface area contributed by atoms with Crippen molar-refractivity contribution in [1.82, 2.24) is 9.55 Å². The number of hydrogen-bond acceptors (Lipinski definition) is 5. The van der Waals surface area contributed by atoms with Gasteiger partial charge in [0, 0.05) is 23.1 Å². The summed E-state index contributed by atoms with van der Waals surface area (Å²) in [4.78, 5) is 26.2. The number of aromatic nitrogens is 2. The Labute approximate surface area is 191 Å².